The zero-order valence-electron chi connectivity index (χ0n) is 15.1. The van der Waals surface area contributed by atoms with Crippen LogP contribution in [0, 0.1) is 5.92 Å². The molecule has 0 fully saturated rings. The third kappa shape index (κ3) is 2.88. The minimum absolute atomic E-state index is 0.0765. The van der Waals surface area contributed by atoms with Gasteiger partial charge in [0.1, 0.15) is 5.84 Å². The molecule has 1 aromatic carbocycles. The van der Waals surface area contributed by atoms with Crippen LogP contribution in [0.4, 0.5) is 0 Å². The molecule has 27 heavy (non-hydrogen) atoms. The Hall–Kier alpha value is -2.79. The van der Waals surface area contributed by atoms with E-state index in [9.17, 15) is 4.79 Å². The predicted molar refractivity (Wildman–Crippen MR) is 110 cm³/mol. The van der Waals surface area contributed by atoms with Crippen molar-refractivity contribution in [1.29, 1.82) is 0 Å². The number of ketones is 1. The summed E-state index contributed by atoms with van der Waals surface area (Å²) >= 11 is 1.55. The fraction of sp³-hybridized carbons (Fsp3) is 0.227. The van der Waals surface area contributed by atoms with Crippen LogP contribution >= 0.6 is 11.3 Å². The number of carbonyl (C=O) groups excluding carboxylic acids is 1. The number of aliphatic imine (C=N–C) groups is 1. The highest BCUT2D eigenvalue weighted by atomic mass is 32.1. The first-order chi connectivity index (χ1) is 13.2. The molecule has 0 spiro atoms. The van der Waals surface area contributed by atoms with Gasteiger partial charge in [0.2, 0.25) is 0 Å². The highest BCUT2D eigenvalue weighted by molar-refractivity contribution is 7.10. The molecule has 0 saturated carbocycles. The van der Waals surface area contributed by atoms with E-state index in [1.165, 1.54) is 0 Å². The molecule has 3 heterocycles. The minimum atomic E-state index is -1.05. The molecule has 1 aliphatic rings. The van der Waals surface area contributed by atoms with E-state index in [1.807, 2.05) is 48.7 Å². The fourth-order valence-corrected chi connectivity index (χ4v) is 4.78. The van der Waals surface area contributed by atoms with E-state index in [2.05, 4.69) is 23.4 Å². The van der Waals surface area contributed by atoms with E-state index < -0.39 is 5.54 Å². The maximum atomic E-state index is 13.6. The van der Waals surface area contributed by atoms with Gasteiger partial charge in [-0.15, -0.1) is 11.3 Å². The SMILES string of the molecule is CCCC1C(=O)C(c2ccccc2)(c2cc(-c3cccnc3)cs2)N=C1N. The van der Waals surface area contributed by atoms with Crippen LogP contribution in [-0.4, -0.2) is 16.6 Å². The van der Waals surface area contributed by atoms with Gasteiger partial charge in [0, 0.05) is 22.8 Å². The first-order valence-corrected chi connectivity index (χ1v) is 9.99. The largest absolute Gasteiger partial charge is 0.387 e. The summed E-state index contributed by atoms with van der Waals surface area (Å²) in [6, 6.07) is 15.7. The molecule has 2 N–H and O–H groups in total. The number of benzene rings is 1. The van der Waals surface area contributed by atoms with Crippen molar-refractivity contribution in [2.45, 2.75) is 25.3 Å². The monoisotopic (exact) mass is 375 g/mol. The first-order valence-electron chi connectivity index (χ1n) is 9.11. The molecule has 4 nitrogen and oxygen atoms in total. The molecule has 0 amide bonds. The first kappa shape index (κ1) is 17.6. The van der Waals surface area contributed by atoms with Gasteiger partial charge >= 0.3 is 0 Å². The summed E-state index contributed by atoms with van der Waals surface area (Å²) in [6.07, 6.45) is 5.20. The summed E-state index contributed by atoms with van der Waals surface area (Å²) in [5.41, 5.74) is 8.14. The highest BCUT2D eigenvalue weighted by Gasteiger charge is 2.51. The number of hydrogen-bond donors (Lipinski definition) is 1. The van der Waals surface area contributed by atoms with Gasteiger partial charge in [-0.25, -0.2) is 4.99 Å². The van der Waals surface area contributed by atoms with E-state index in [0.717, 1.165) is 34.4 Å². The highest BCUT2D eigenvalue weighted by Crippen LogP contribution is 2.45. The Labute approximate surface area is 162 Å². The number of aromatic nitrogens is 1. The lowest BCUT2D eigenvalue weighted by molar-refractivity contribution is -0.124. The second-order valence-corrected chi connectivity index (χ2v) is 7.67. The summed E-state index contributed by atoms with van der Waals surface area (Å²) in [7, 11) is 0. The van der Waals surface area contributed by atoms with E-state index in [4.69, 9.17) is 10.7 Å². The van der Waals surface area contributed by atoms with Crippen LogP contribution in [0.3, 0.4) is 0 Å². The van der Waals surface area contributed by atoms with Crippen molar-refractivity contribution in [3.05, 3.63) is 76.7 Å². The molecule has 2 atom stereocenters. The average molecular weight is 375 g/mol. The van der Waals surface area contributed by atoms with Crippen LogP contribution in [0.5, 0.6) is 0 Å². The lowest BCUT2D eigenvalue weighted by Crippen LogP contribution is -2.35. The van der Waals surface area contributed by atoms with Crippen molar-refractivity contribution in [1.82, 2.24) is 4.98 Å². The van der Waals surface area contributed by atoms with Gasteiger partial charge in [-0.3, -0.25) is 9.78 Å². The molecule has 136 valence electrons. The van der Waals surface area contributed by atoms with Gasteiger partial charge in [0.05, 0.1) is 5.92 Å². The molecule has 2 unspecified atom stereocenters. The quantitative estimate of drug-likeness (QED) is 0.718. The van der Waals surface area contributed by atoms with Crippen molar-refractivity contribution in [2.24, 2.45) is 16.6 Å². The molecule has 0 radical (unpaired) electrons. The number of pyridine rings is 1. The Morgan fingerprint density at radius 3 is 2.67 bits per heavy atom. The number of hydrogen-bond acceptors (Lipinski definition) is 5. The van der Waals surface area contributed by atoms with Crippen LogP contribution in [0.25, 0.3) is 11.1 Å². The van der Waals surface area contributed by atoms with E-state index in [-0.39, 0.29) is 11.7 Å². The maximum absolute atomic E-state index is 13.6. The number of Topliss-reactive ketones (excluding diaryl/α,β-unsaturated/α-hetero) is 1. The molecule has 0 bridgehead atoms. The van der Waals surface area contributed by atoms with Crippen LogP contribution in [0.2, 0.25) is 0 Å². The lowest BCUT2D eigenvalue weighted by Gasteiger charge is -2.25. The maximum Gasteiger partial charge on any atom is 0.180 e. The Bertz CT molecular complexity index is 981. The van der Waals surface area contributed by atoms with Crippen LogP contribution in [0.1, 0.15) is 30.2 Å². The second-order valence-electron chi connectivity index (χ2n) is 6.76. The summed E-state index contributed by atoms with van der Waals surface area (Å²) in [5.74, 6) is 0.203. The number of nitrogens with two attached hydrogens (primary N) is 1. The molecule has 0 aliphatic carbocycles. The van der Waals surface area contributed by atoms with Gasteiger partial charge in [0.15, 0.2) is 11.3 Å². The van der Waals surface area contributed by atoms with Crippen molar-refractivity contribution < 1.29 is 4.79 Å². The van der Waals surface area contributed by atoms with Crippen LogP contribution in [-0.2, 0) is 10.3 Å². The zero-order valence-corrected chi connectivity index (χ0v) is 15.9. The van der Waals surface area contributed by atoms with Crippen molar-refractivity contribution in [3.8, 4) is 11.1 Å². The Morgan fingerprint density at radius 1 is 1.15 bits per heavy atom. The zero-order chi connectivity index (χ0) is 18.9. The Balaban J connectivity index is 1.87. The lowest BCUT2D eigenvalue weighted by atomic mass is 9.80. The molecule has 4 rings (SSSR count). The van der Waals surface area contributed by atoms with E-state index in [0.29, 0.717) is 5.84 Å². The van der Waals surface area contributed by atoms with Gasteiger partial charge in [-0.1, -0.05) is 49.7 Å². The summed E-state index contributed by atoms with van der Waals surface area (Å²) < 4.78 is 0. The molecular formula is C22H21N3OS. The second kappa shape index (κ2) is 7.08. The molecule has 0 saturated heterocycles. The fourth-order valence-electron chi connectivity index (χ4n) is 3.70. The number of carbonyl (C=O) groups is 1. The standard InChI is InChI=1S/C22H21N3OS/c1-2-7-18-20(26)22(25-21(18)23,17-9-4-3-5-10-17)19-12-16(14-27-19)15-8-6-11-24-13-15/h3-6,8-14,18H,2,7H2,1H3,(H2,23,25). The number of nitrogens with zero attached hydrogens (tertiary/aromatic N) is 2. The number of rotatable bonds is 5. The third-order valence-corrected chi connectivity index (χ3v) is 6.09. The molecule has 1 aliphatic heterocycles. The Morgan fingerprint density at radius 2 is 1.96 bits per heavy atom. The van der Waals surface area contributed by atoms with Crippen molar-refractivity contribution in [3.63, 3.8) is 0 Å². The minimum Gasteiger partial charge on any atom is -0.387 e. The smallest absolute Gasteiger partial charge is 0.180 e. The molecule has 2 aromatic heterocycles. The topological polar surface area (TPSA) is 68.3 Å². The number of thiophene rings is 1. The Kier molecular flexibility index (Phi) is 4.62. The summed E-state index contributed by atoms with van der Waals surface area (Å²) in [6.45, 7) is 2.06. The van der Waals surface area contributed by atoms with E-state index in [1.54, 1.807) is 17.5 Å². The average Bonchev–Trinajstić information content (AvgIpc) is 3.29. The van der Waals surface area contributed by atoms with Gasteiger partial charge < -0.3 is 5.73 Å². The summed E-state index contributed by atoms with van der Waals surface area (Å²) in [5, 5.41) is 2.06. The van der Waals surface area contributed by atoms with Crippen molar-refractivity contribution in [2.75, 3.05) is 0 Å². The van der Waals surface area contributed by atoms with E-state index >= 15 is 0 Å². The van der Waals surface area contributed by atoms with Crippen molar-refractivity contribution >= 4 is 23.0 Å². The van der Waals surface area contributed by atoms with Gasteiger partial charge in [-0.2, -0.15) is 0 Å². The predicted octanol–water partition coefficient (Wildman–Crippen LogP) is 4.41. The van der Waals surface area contributed by atoms with Crippen LogP contribution in [0.15, 0.2) is 71.3 Å². The normalized spacial score (nSPS) is 22.0. The number of amidine groups is 1. The molecular weight excluding hydrogens is 354 g/mol. The summed E-state index contributed by atoms with van der Waals surface area (Å²) in [4.78, 5) is 23.5. The van der Waals surface area contributed by atoms with Crippen LogP contribution < -0.4 is 5.73 Å². The third-order valence-electron chi connectivity index (χ3n) is 5.05. The van der Waals surface area contributed by atoms with Gasteiger partial charge in [-0.05, 0) is 35.1 Å². The molecule has 3 aromatic rings. The van der Waals surface area contributed by atoms with Gasteiger partial charge in [0.25, 0.3) is 0 Å². The molecule has 5 heteroatoms.